The number of methoxy groups -OCH3 is 1. The minimum Gasteiger partial charge on any atom is -0.492 e. The largest absolute Gasteiger partial charge is 0.492 e. The van der Waals surface area contributed by atoms with Gasteiger partial charge in [-0.05, 0) is 38.1 Å². The van der Waals surface area contributed by atoms with Crippen molar-refractivity contribution in [3.63, 3.8) is 0 Å². The van der Waals surface area contributed by atoms with E-state index in [0.717, 1.165) is 19.1 Å². The number of hydrogen-bond acceptors (Lipinski definition) is 7. The predicted octanol–water partition coefficient (Wildman–Crippen LogP) is 6.08. The number of urea groups is 1. The van der Waals surface area contributed by atoms with Gasteiger partial charge in [0, 0.05) is 22.5 Å². The normalized spacial score (nSPS) is 11.7. The standard InChI is InChI=1S/C26H24F3N5O5S/c1-14-11-23(31-15(2)30-14)39-22-10-9-19(17-7-5-6-8-18(17)22)32-25(35)33-20-12-16(26(27,28)29)13-21(24(20)38-3)34-40(4,36)37/h5-13,34H,1-4H3,(H2,32,33,35). The highest BCUT2D eigenvalue weighted by atomic mass is 32.2. The molecule has 0 aliphatic heterocycles. The molecular weight excluding hydrogens is 551 g/mol. The maximum Gasteiger partial charge on any atom is 0.416 e. The van der Waals surface area contributed by atoms with Gasteiger partial charge in [0.25, 0.3) is 0 Å². The van der Waals surface area contributed by atoms with Crippen molar-refractivity contribution >= 4 is 43.9 Å². The lowest BCUT2D eigenvalue weighted by Crippen LogP contribution is -2.21. The van der Waals surface area contributed by atoms with Crippen LogP contribution in [0.4, 0.5) is 35.0 Å². The summed E-state index contributed by atoms with van der Waals surface area (Å²) < 4.78 is 77.2. The SMILES string of the molecule is COc1c(NC(=O)Nc2ccc(Oc3cc(C)nc(C)n3)c3ccccc23)cc(C(F)(F)F)cc1NS(C)(=O)=O. The molecule has 0 saturated carbocycles. The average molecular weight is 576 g/mol. The molecule has 10 nitrogen and oxygen atoms in total. The fraction of sp³-hybridized carbons (Fsp3) is 0.192. The Bertz CT molecular complexity index is 1690. The number of carbonyl (C=O) groups excluding carboxylic acids is 1. The molecule has 4 aromatic rings. The van der Waals surface area contributed by atoms with E-state index in [0.29, 0.717) is 46.0 Å². The maximum atomic E-state index is 13.5. The number of alkyl halides is 3. The van der Waals surface area contributed by atoms with E-state index in [1.54, 1.807) is 49.4 Å². The van der Waals surface area contributed by atoms with Crippen LogP contribution in [0.5, 0.6) is 17.4 Å². The lowest BCUT2D eigenvalue weighted by molar-refractivity contribution is -0.137. The van der Waals surface area contributed by atoms with E-state index in [1.807, 2.05) is 11.6 Å². The number of aromatic nitrogens is 2. The van der Waals surface area contributed by atoms with Crippen LogP contribution < -0.4 is 24.8 Å². The number of nitrogens with one attached hydrogen (secondary N) is 3. The van der Waals surface area contributed by atoms with Crippen LogP contribution in [0.1, 0.15) is 17.1 Å². The molecule has 1 aromatic heterocycles. The Balaban J connectivity index is 1.66. The third-order valence-corrected chi connectivity index (χ3v) is 6.04. The number of hydrogen-bond donors (Lipinski definition) is 3. The molecule has 40 heavy (non-hydrogen) atoms. The monoisotopic (exact) mass is 575 g/mol. The highest BCUT2D eigenvalue weighted by Gasteiger charge is 2.33. The Hall–Kier alpha value is -4.59. The van der Waals surface area contributed by atoms with Gasteiger partial charge >= 0.3 is 12.2 Å². The molecule has 2 amide bonds. The first-order valence-corrected chi connectivity index (χ1v) is 13.5. The molecule has 1 heterocycles. The van der Waals surface area contributed by atoms with Crippen molar-refractivity contribution < 1.29 is 35.9 Å². The van der Waals surface area contributed by atoms with Crippen LogP contribution in [-0.4, -0.2) is 37.8 Å². The molecule has 210 valence electrons. The molecule has 0 aliphatic carbocycles. The zero-order valence-corrected chi connectivity index (χ0v) is 22.5. The van der Waals surface area contributed by atoms with Crippen molar-refractivity contribution in [2.75, 3.05) is 28.7 Å². The summed E-state index contributed by atoms with van der Waals surface area (Å²) in [6.45, 7) is 3.55. The first-order chi connectivity index (χ1) is 18.7. The van der Waals surface area contributed by atoms with Gasteiger partial charge < -0.3 is 20.1 Å². The lowest BCUT2D eigenvalue weighted by Gasteiger charge is -2.19. The summed E-state index contributed by atoms with van der Waals surface area (Å²) in [5.41, 5.74) is -1.04. The third-order valence-electron chi connectivity index (χ3n) is 5.45. The molecule has 0 aliphatic rings. The van der Waals surface area contributed by atoms with Gasteiger partial charge in [-0.3, -0.25) is 4.72 Å². The van der Waals surface area contributed by atoms with E-state index in [1.165, 1.54) is 0 Å². The zero-order chi connectivity index (χ0) is 29.2. The maximum absolute atomic E-state index is 13.5. The van der Waals surface area contributed by atoms with Crippen LogP contribution in [0.25, 0.3) is 10.8 Å². The number of fused-ring (bicyclic) bond motifs is 1. The van der Waals surface area contributed by atoms with Gasteiger partial charge in [-0.25, -0.2) is 18.2 Å². The number of aryl methyl sites for hydroxylation is 2. The number of nitrogens with zero attached hydrogens (tertiary/aromatic N) is 2. The minimum atomic E-state index is -4.83. The second-order valence-corrected chi connectivity index (χ2v) is 10.5. The summed E-state index contributed by atoms with van der Waals surface area (Å²) >= 11 is 0. The van der Waals surface area contributed by atoms with Crippen molar-refractivity contribution in [2.45, 2.75) is 20.0 Å². The fourth-order valence-corrected chi connectivity index (χ4v) is 4.53. The molecule has 0 atom stereocenters. The number of halogens is 3. The molecule has 0 saturated heterocycles. The molecule has 0 unspecified atom stereocenters. The summed E-state index contributed by atoms with van der Waals surface area (Å²) in [5.74, 6) is 1.02. The van der Waals surface area contributed by atoms with Crippen LogP contribution in [0.3, 0.4) is 0 Å². The van der Waals surface area contributed by atoms with E-state index in [2.05, 4.69) is 20.6 Å². The Morgan fingerprint density at radius 2 is 1.55 bits per heavy atom. The molecule has 0 bridgehead atoms. The Morgan fingerprint density at radius 1 is 0.900 bits per heavy atom. The molecule has 4 rings (SSSR count). The van der Waals surface area contributed by atoms with Gasteiger partial charge in [-0.2, -0.15) is 18.2 Å². The average Bonchev–Trinajstić information content (AvgIpc) is 2.83. The number of amides is 2. The van der Waals surface area contributed by atoms with E-state index >= 15 is 0 Å². The quantitative estimate of drug-likeness (QED) is 0.243. The Kier molecular flexibility index (Phi) is 7.73. The number of carbonyl (C=O) groups is 1. The van der Waals surface area contributed by atoms with Gasteiger partial charge in [0.1, 0.15) is 11.6 Å². The first-order valence-electron chi connectivity index (χ1n) is 11.6. The van der Waals surface area contributed by atoms with Gasteiger partial charge in [0.15, 0.2) is 5.75 Å². The van der Waals surface area contributed by atoms with Crippen LogP contribution in [-0.2, 0) is 16.2 Å². The third kappa shape index (κ3) is 6.69. The number of rotatable bonds is 7. The topological polar surface area (TPSA) is 132 Å². The Morgan fingerprint density at radius 3 is 2.17 bits per heavy atom. The minimum absolute atomic E-state index is 0.308. The summed E-state index contributed by atoms with van der Waals surface area (Å²) in [4.78, 5) is 21.5. The van der Waals surface area contributed by atoms with Crippen molar-refractivity contribution in [3.05, 3.63) is 71.7 Å². The van der Waals surface area contributed by atoms with Gasteiger partial charge in [0.05, 0.1) is 36.0 Å². The Labute approximate surface area is 227 Å². The molecule has 3 aromatic carbocycles. The van der Waals surface area contributed by atoms with Crippen molar-refractivity contribution in [2.24, 2.45) is 0 Å². The smallest absolute Gasteiger partial charge is 0.416 e. The second-order valence-electron chi connectivity index (χ2n) is 8.71. The van der Waals surface area contributed by atoms with Crippen molar-refractivity contribution in [3.8, 4) is 17.4 Å². The van der Waals surface area contributed by atoms with Crippen molar-refractivity contribution in [1.29, 1.82) is 0 Å². The first kappa shape index (κ1) is 28.4. The van der Waals surface area contributed by atoms with E-state index in [9.17, 15) is 26.4 Å². The van der Waals surface area contributed by atoms with E-state index in [4.69, 9.17) is 9.47 Å². The number of sulfonamides is 1. The number of ether oxygens (including phenoxy) is 2. The van der Waals surface area contributed by atoms with Crippen LogP contribution >= 0.6 is 0 Å². The zero-order valence-electron chi connectivity index (χ0n) is 21.7. The van der Waals surface area contributed by atoms with Crippen LogP contribution in [0.2, 0.25) is 0 Å². The number of benzene rings is 3. The predicted molar refractivity (Wildman–Crippen MR) is 145 cm³/mol. The molecule has 3 N–H and O–H groups in total. The highest BCUT2D eigenvalue weighted by molar-refractivity contribution is 7.92. The fourth-order valence-electron chi connectivity index (χ4n) is 3.97. The van der Waals surface area contributed by atoms with Crippen molar-refractivity contribution in [1.82, 2.24) is 9.97 Å². The molecule has 0 radical (unpaired) electrons. The van der Waals surface area contributed by atoms with Gasteiger partial charge in [-0.15, -0.1) is 0 Å². The molecule has 0 spiro atoms. The van der Waals surface area contributed by atoms with Crippen LogP contribution in [0.15, 0.2) is 54.6 Å². The van der Waals surface area contributed by atoms with Gasteiger partial charge in [0.2, 0.25) is 15.9 Å². The summed E-state index contributed by atoms with van der Waals surface area (Å²) in [7, 11) is -2.84. The lowest BCUT2D eigenvalue weighted by atomic mass is 10.1. The molecule has 14 heteroatoms. The highest BCUT2D eigenvalue weighted by Crippen LogP contribution is 2.41. The summed E-state index contributed by atoms with van der Waals surface area (Å²) in [6.07, 6.45) is -4.06. The molecular formula is C26H24F3N5O5S. The van der Waals surface area contributed by atoms with Crippen LogP contribution in [0, 0.1) is 13.8 Å². The summed E-state index contributed by atoms with van der Waals surface area (Å²) in [6, 6.07) is 12.2. The van der Waals surface area contributed by atoms with Gasteiger partial charge in [-0.1, -0.05) is 24.3 Å². The second kappa shape index (κ2) is 10.9. The van der Waals surface area contributed by atoms with E-state index in [-0.39, 0.29) is 5.75 Å². The van der Waals surface area contributed by atoms with E-state index < -0.39 is 39.2 Å². The number of anilines is 3. The summed E-state index contributed by atoms with van der Waals surface area (Å²) in [5, 5.41) is 6.14. The molecule has 0 fully saturated rings.